The first-order valence-corrected chi connectivity index (χ1v) is 9.39. The molecule has 6 nitrogen and oxygen atoms in total. The number of hydrogen-bond acceptors (Lipinski definition) is 3. The highest BCUT2D eigenvalue weighted by molar-refractivity contribution is 6.05. The van der Waals surface area contributed by atoms with E-state index in [4.69, 9.17) is 0 Å². The number of amides is 2. The third-order valence-corrected chi connectivity index (χ3v) is 5.18. The number of carbonyl (C=O) groups excluding carboxylic acids is 2. The molecule has 0 aliphatic carbocycles. The van der Waals surface area contributed by atoms with Crippen LogP contribution in [0.1, 0.15) is 39.2 Å². The number of nitrogens with zero attached hydrogens (tertiary/aromatic N) is 2. The molecule has 0 saturated heterocycles. The van der Waals surface area contributed by atoms with E-state index >= 15 is 0 Å². The van der Waals surface area contributed by atoms with Crippen molar-refractivity contribution in [1.82, 2.24) is 9.78 Å². The quantitative estimate of drug-likeness (QED) is 0.705. The van der Waals surface area contributed by atoms with Crippen molar-refractivity contribution >= 4 is 23.2 Å². The highest BCUT2D eigenvalue weighted by Crippen LogP contribution is 2.29. The largest absolute Gasteiger partial charge is 0.326 e. The van der Waals surface area contributed by atoms with Crippen LogP contribution in [0.3, 0.4) is 0 Å². The lowest BCUT2D eigenvalue weighted by Crippen LogP contribution is -2.20. The number of nitrogens with one attached hydrogen (secondary N) is 2. The van der Waals surface area contributed by atoms with Gasteiger partial charge in [-0.3, -0.25) is 9.59 Å². The van der Waals surface area contributed by atoms with E-state index in [-0.39, 0.29) is 11.6 Å². The number of aryl methyl sites for hydroxylation is 3. The Morgan fingerprint density at radius 1 is 1.17 bits per heavy atom. The summed E-state index contributed by atoms with van der Waals surface area (Å²) in [5, 5.41) is 9.65. The standard InChI is InChI=1S/C22H21FN4O2/c1-12-4-5-13(2)20(8-12)27-14(3)16(11-24-27)22(29)26-19-9-15-6-7-21(28)25-18(15)10-17(19)23/h4-5,8-11H,6-7H2,1-3H3,(H,25,28)(H,26,29). The van der Waals surface area contributed by atoms with E-state index in [1.165, 1.54) is 12.3 Å². The van der Waals surface area contributed by atoms with Crippen molar-refractivity contribution in [3.63, 3.8) is 0 Å². The SMILES string of the molecule is Cc1ccc(C)c(-n2ncc(C(=O)Nc3cc4c(cc3F)NC(=O)CC4)c2C)c1. The zero-order valence-electron chi connectivity index (χ0n) is 16.5. The highest BCUT2D eigenvalue weighted by Gasteiger charge is 2.21. The Bertz CT molecular complexity index is 1150. The number of rotatable bonds is 3. The van der Waals surface area contributed by atoms with Crippen molar-refractivity contribution in [1.29, 1.82) is 0 Å². The zero-order valence-corrected chi connectivity index (χ0v) is 16.5. The molecule has 1 aromatic heterocycles. The van der Waals surface area contributed by atoms with Crippen LogP contribution < -0.4 is 10.6 Å². The number of carbonyl (C=O) groups is 2. The van der Waals surface area contributed by atoms with Crippen LogP contribution in [0.15, 0.2) is 36.5 Å². The number of aromatic nitrogens is 2. The normalized spacial score (nSPS) is 13.0. The molecule has 0 bridgehead atoms. The molecule has 3 aromatic rings. The highest BCUT2D eigenvalue weighted by atomic mass is 19.1. The maximum absolute atomic E-state index is 14.5. The van der Waals surface area contributed by atoms with Crippen LogP contribution >= 0.6 is 0 Å². The fraction of sp³-hybridized carbons (Fsp3) is 0.227. The summed E-state index contributed by atoms with van der Waals surface area (Å²) >= 11 is 0. The first-order chi connectivity index (χ1) is 13.8. The molecule has 0 spiro atoms. The van der Waals surface area contributed by atoms with E-state index in [2.05, 4.69) is 15.7 Å². The summed E-state index contributed by atoms with van der Waals surface area (Å²) in [6.45, 7) is 5.79. The van der Waals surface area contributed by atoms with Crippen LogP contribution in [0.4, 0.5) is 15.8 Å². The van der Waals surface area contributed by atoms with Gasteiger partial charge in [-0.2, -0.15) is 5.10 Å². The summed E-state index contributed by atoms with van der Waals surface area (Å²) in [5.41, 5.74) is 5.41. The van der Waals surface area contributed by atoms with Gasteiger partial charge in [0, 0.05) is 12.1 Å². The number of benzene rings is 2. The van der Waals surface area contributed by atoms with Crippen molar-refractivity contribution in [3.05, 3.63) is 70.3 Å². The van der Waals surface area contributed by atoms with Crippen molar-refractivity contribution in [2.45, 2.75) is 33.6 Å². The van der Waals surface area contributed by atoms with Gasteiger partial charge in [-0.25, -0.2) is 9.07 Å². The smallest absolute Gasteiger partial charge is 0.259 e. The lowest BCUT2D eigenvalue weighted by atomic mass is 10.0. The second kappa shape index (κ2) is 7.16. The Hall–Kier alpha value is -3.48. The fourth-order valence-electron chi connectivity index (χ4n) is 3.51. The van der Waals surface area contributed by atoms with E-state index in [9.17, 15) is 14.0 Å². The van der Waals surface area contributed by atoms with Gasteiger partial charge in [-0.15, -0.1) is 0 Å². The van der Waals surface area contributed by atoms with E-state index in [1.807, 2.05) is 39.0 Å². The first kappa shape index (κ1) is 18.9. The Labute approximate surface area is 167 Å². The molecule has 0 fully saturated rings. The summed E-state index contributed by atoms with van der Waals surface area (Å²) in [5.74, 6) is -1.17. The fourth-order valence-corrected chi connectivity index (χ4v) is 3.51. The van der Waals surface area contributed by atoms with Gasteiger partial charge in [-0.1, -0.05) is 12.1 Å². The van der Waals surface area contributed by atoms with Gasteiger partial charge in [0.15, 0.2) is 0 Å². The molecule has 2 heterocycles. The average Bonchev–Trinajstić information content (AvgIpc) is 3.06. The molecule has 0 atom stereocenters. The van der Waals surface area contributed by atoms with Gasteiger partial charge in [-0.05, 0) is 62.1 Å². The van der Waals surface area contributed by atoms with Crippen LogP contribution in [-0.2, 0) is 11.2 Å². The van der Waals surface area contributed by atoms with E-state index in [0.29, 0.717) is 29.8 Å². The molecule has 0 unspecified atom stereocenters. The minimum Gasteiger partial charge on any atom is -0.326 e. The summed E-state index contributed by atoms with van der Waals surface area (Å²) in [4.78, 5) is 24.3. The van der Waals surface area contributed by atoms with Crippen molar-refractivity contribution < 1.29 is 14.0 Å². The molecule has 1 aliphatic heterocycles. The van der Waals surface area contributed by atoms with Crippen LogP contribution in [0.2, 0.25) is 0 Å². The number of halogens is 1. The van der Waals surface area contributed by atoms with Crippen LogP contribution in [0.5, 0.6) is 0 Å². The van der Waals surface area contributed by atoms with Gasteiger partial charge >= 0.3 is 0 Å². The molecule has 4 rings (SSSR count). The molecule has 148 valence electrons. The van der Waals surface area contributed by atoms with E-state index in [1.54, 1.807) is 10.7 Å². The van der Waals surface area contributed by atoms with Gasteiger partial charge in [0.1, 0.15) is 5.82 Å². The predicted octanol–water partition coefficient (Wildman–Crippen LogP) is 4.07. The molecular formula is C22H21FN4O2. The maximum atomic E-state index is 14.5. The van der Waals surface area contributed by atoms with Gasteiger partial charge in [0.25, 0.3) is 5.91 Å². The van der Waals surface area contributed by atoms with Crippen LogP contribution in [-0.4, -0.2) is 21.6 Å². The topological polar surface area (TPSA) is 76.0 Å². The molecule has 2 aromatic carbocycles. The van der Waals surface area contributed by atoms with Gasteiger partial charge in [0.2, 0.25) is 5.91 Å². The lowest BCUT2D eigenvalue weighted by Gasteiger charge is -2.18. The second-order valence-corrected chi connectivity index (χ2v) is 7.34. The Balaban J connectivity index is 1.63. The molecular weight excluding hydrogens is 371 g/mol. The maximum Gasteiger partial charge on any atom is 0.259 e. The van der Waals surface area contributed by atoms with Crippen molar-refractivity contribution in [3.8, 4) is 5.69 Å². The minimum absolute atomic E-state index is 0.0868. The summed E-state index contributed by atoms with van der Waals surface area (Å²) in [7, 11) is 0. The number of hydrogen-bond donors (Lipinski definition) is 2. The molecule has 29 heavy (non-hydrogen) atoms. The zero-order chi connectivity index (χ0) is 20.7. The molecule has 2 amide bonds. The van der Waals surface area contributed by atoms with Crippen molar-refractivity contribution in [2.75, 3.05) is 10.6 Å². The van der Waals surface area contributed by atoms with Crippen LogP contribution in [0, 0.1) is 26.6 Å². The van der Waals surface area contributed by atoms with Crippen molar-refractivity contribution in [2.24, 2.45) is 0 Å². The monoisotopic (exact) mass is 392 g/mol. The lowest BCUT2D eigenvalue weighted by molar-refractivity contribution is -0.116. The Kier molecular flexibility index (Phi) is 4.66. The minimum atomic E-state index is -0.598. The number of anilines is 2. The Morgan fingerprint density at radius 2 is 1.97 bits per heavy atom. The summed E-state index contributed by atoms with van der Waals surface area (Å²) in [6.07, 6.45) is 2.34. The van der Waals surface area contributed by atoms with E-state index < -0.39 is 11.7 Å². The predicted molar refractivity (Wildman–Crippen MR) is 109 cm³/mol. The molecule has 0 saturated carbocycles. The van der Waals surface area contributed by atoms with Gasteiger partial charge in [0.05, 0.1) is 28.8 Å². The molecule has 7 heteroatoms. The Morgan fingerprint density at radius 3 is 2.76 bits per heavy atom. The number of fused-ring (bicyclic) bond motifs is 1. The third-order valence-electron chi connectivity index (χ3n) is 5.18. The summed E-state index contributed by atoms with van der Waals surface area (Å²) < 4.78 is 16.2. The molecule has 0 radical (unpaired) electrons. The average molecular weight is 392 g/mol. The molecule has 2 N–H and O–H groups in total. The van der Waals surface area contributed by atoms with Gasteiger partial charge < -0.3 is 10.6 Å². The third kappa shape index (κ3) is 3.51. The van der Waals surface area contributed by atoms with E-state index in [0.717, 1.165) is 22.4 Å². The first-order valence-electron chi connectivity index (χ1n) is 9.39. The second-order valence-electron chi connectivity index (χ2n) is 7.34. The van der Waals surface area contributed by atoms with Crippen LogP contribution in [0.25, 0.3) is 5.69 Å². The summed E-state index contributed by atoms with van der Waals surface area (Å²) in [6, 6.07) is 8.86. The molecule has 1 aliphatic rings.